The highest BCUT2D eigenvalue weighted by Gasteiger charge is 2.08. The maximum atomic E-state index is 12.0. The van der Waals surface area contributed by atoms with Crippen LogP contribution in [0.2, 0.25) is 0 Å². The number of ether oxygens (including phenoxy) is 2. The lowest BCUT2D eigenvalue weighted by Gasteiger charge is -2.10. The van der Waals surface area contributed by atoms with Crippen LogP contribution in [0.3, 0.4) is 0 Å². The largest absolute Gasteiger partial charge is 0.493 e. The molecule has 2 aromatic carbocycles. The second kappa shape index (κ2) is 8.22. The highest BCUT2D eigenvalue weighted by molar-refractivity contribution is 5.78. The van der Waals surface area contributed by atoms with Crippen LogP contribution in [-0.2, 0) is 17.6 Å². The Morgan fingerprint density at radius 1 is 0.957 bits per heavy atom. The van der Waals surface area contributed by atoms with Crippen LogP contribution in [0.25, 0.3) is 0 Å². The maximum absolute atomic E-state index is 12.0. The van der Waals surface area contributed by atoms with E-state index in [9.17, 15) is 4.79 Å². The first-order valence-electron chi connectivity index (χ1n) is 7.65. The molecule has 0 atom stereocenters. The molecular weight excluding hydrogens is 290 g/mol. The van der Waals surface area contributed by atoms with Gasteiger partial charge < -0.3 is 14.8 Å². The van der Waals surface area contributed by atoms with Gasteiger partial charge in [-0.2, -0.15) is 0 Å². The van der Waals surface area contributed by atoms with Crippen molar-refractivity contribution in [3.8, 4) is 11.5 Å². The standard InChI is InChI=1S/C19H23NO3/c1-14-4-6-15(7-5-14)10-11-20-19(21)13-16-8-9-17(22-2)18(12-16)23-3/h4-9,12H,10-11,13H2,1-3H3,(H,20,21). The van der Waals surface area contributed by atoms with Crippen LogP contribution in [0.1, 0.15) is 16.7 Å². The summed E-state index contributed by atoms with van der Waals surface area (Å²) in [6, 6.07) is 13.9. The van der Waals surface area contributed by atoms with Gasteiger partial charge in [-0.25, -0.2) is 0 Å². The molecule has 0 aliphatic heterocycles. The van der Waals surface area contributed by atoms with Crippen LogP contribution >= 0.6 is 0 Å². The van der Waals surface area contributed by atoms with E-state index in [1.165, 1.54) is 11.1 Å². The summed E-state index contributed by atoms with van der Waals surface area (Å²) >= 11 is 0. The molecule has 0 saturated heterocycles. The van der Waals surface area contributed by atoms with Crippen molar-refractivity contribution >= 4 is 5.91 Å². The zero-order valence-corrected chi connectivity index (χ0v) is 13.9. The monoisotopic (exact) mass is 313 g/mol. The molecule has 23 heavy (non-hydrogen) atoms. The maximum Gasteiger partial charge on any atom is 0.224 e. The lowest BCUT2D eigenvalue weighted by Crippen LogP contribution is -2.27. The minimum absolute atomic E-state index is 0.00401. The molecule has 0 heterocycles. The van der Waals surface area contributed by atoms with Crippen molar-refractivity contribution in [3.63, 3.8) is 0 Å². The Labute approximate surface area is 137 Å². The highest BCUT2D eigenvalue weighted by atomic mass is 16.5. The van der Waals surface area contributed by atoms with E-state index >= 15 is 0 Å². The fraction of sp³-hybridized carbons (Fsp3) is 0.316. The van der Waals surface area contributed by atoms with E-state index in [0.29, 0.717) is 24.5 Å². The Balaban J connectivity index is 1.83. The van der Waals surface area contributed by atoms with E-state index in [2.05, 4.69) is 36.5 Å². The molecule has 0 aliphatic carbocycles. The summed E-state index contributed by atoms with van der Waals surface area (Å²) in [7, 11) is 3.18. The van der Waals surface area contributed by atoms with Gasteiger partial charge in [0.15, 0.2) is 11.5 Å². The van der Waals surface area contributed by atoms with Crippen LogP contribution in [0, 0.1) is 6.92 Å². The van der Waals surface area contributed by atoms with E-state index < -0.39 is 0 Å². The molecule has 4 nitrogen and oxygen atoms in total. The van der Waals surface area contributed by atoms with E-state index in [0.717, 1.165) is 12.0 Å². The number of carbonyl (C=O) groups is 1. The fourth-order valence-electron chi connectivity index (χ4n) is 2.34. The van der Waals surface area contributed by atoms with Crippen molar-refractivity contribution in [2.24, 2.45) is 0 Å². The van der Waals surface area contributed by atoms with Crippen molar-refractivity contribution in [2.75, 3.05) is 20.8 Å². The van der Waals surface area contributed by atoms with Crippen molar-refractivity contribution in [3.05, 3.63) is 59.2 Å². The van der Waals surface area contributed by atoms with Crippen LogP contribution < -0.4 is 14.8 Å². The Hall–Kier alpha value is -2.49. The number of rotatable bonds is 7. The molecule has 0 bridgehead atoms. The third-order valence-corrected chi connectivity index (χ3v) is 3.67. The molecule has 0 aromatic heterocycles. The van der Waals surface area contributed by atoms with Gasteiger partial charge in [0.05, 0.1) is 20.6 Å². The second-order valence-corrected chi connectivity index (χ2v) is 5.45. The topological polar surface area (TPSA) is 47.6 Å². The first-order chi connectivity index (χ1) is 11.1. The molecule has 0 saturated carbocycles. The van der Waals surface area contributed by atoms with Gasteiger partial charge in [-0.1, -0.05) is 35.9 Å². The number of hydrogen-bond acceptors (Lipinski definition) is 3. The number of carbonyl (C=O) groups excluding carboxylic acids is 1. The summed E-state index contributed by atoms with van der Waals surface area (Å²) in [6.07, 6.45) is 1.16. The van der Waals surface area contributed by atoms with Crippen LogP contribution in [0.4, 0.5) is 0 Å². The number of hydrogen-bond donors (Lipinski definition) is 1. The van der Waals surface area contributed by atoms with Gasteiger partial charge in [-0.15, -0.1) is 0 Å². The minimum atomic E-state index is 0.00401. The molecule has 0 radical (unpaired) electrons. The van der Waals surface area contributed by atoms with Crippen molar-refractivity contribution in [1.82, 2.24) is 5.32 Å². The molecule has 122 valence electrons. The van der Waals surface area contributed by atoms with E-state index in [-0.39, 0.29) is 5.91 Å². The number of benzene rings is 2. The quantitative estimate of drug-likeness (QED) is 0.855. The summed E-state index contributed by atoms with van der Waals surface area (Å²) in [6.45, 7) is 2.70. The lowest BCUT2D eigenvalue weighted by atomic mass is 10.1. The lowest BCUT2D eigenvalue weighted by molar-refractivity contribution is -0.120. The Morgan fingerprint density at radius 3 is 2.26 bits per heavy atom. The van der Waals surface area contributed by atoms with Gasteiger partial charge in [0.2, 0.25) is 5.91 Å². The van der Waals surface area contributed by atoms with Crippen LogP contribution in [0.15, 0.2) is 42.5 Å². The van der Waals surface area contributed by atoms with Crippen molar-refractivity contribution < 1.29 is 14.3 Å². The third-order valence-electron chi connectivity index (χ3n) is 3.67. The molecule has 1 N–H and O–H groups in total. The van der Waals surface area contributed by atoms with Crippen LogP contribution in [-0.4, -0.2) is 26.7 Å². The van der Waals surface area contributed by atoms with Crippen LogP contribution in [0.5, 0.6) is 11.5 Å². The molecule has 0 unspecified atom stereocenters. The van der Waals surface area contributed by atoms with Crippen molar-refractivity contribution in [2.45, 2.75) is 19.8 Å². The molecule has 2 aromatic rings. The zero-order valence-electron chi connectivity index (χ0n) is 13.9. The first kappa shape index (κ1) is 16.9. The normalized spacial score (nSPS) is 10.2. The first-order valence-corrected chi connectivity index (χ1v) is 7.65. The zero-order chi connectivity index (χ0) is 16.7. The van der Waals surface area contributed by atoms with E-state index in [1.807, 2.05) is 18.2 Å². The van der Waals surface area contributed by atoms with Gasteiger partial charge in [0.25, 0.3) is 0 Å². The number of nitrogens with one attached hydrogen (secondary N) is 1. The van der Waals surface area contributed by atoms with Gasteiger partial charge in [0.1, 0.15) is 0 Å². The molecule has 1 amide bonds. The second-order valence-electron chi connectivity index (χ2n) is 5.45. The van der Waals surface area contributed by atoms with Gasteiger partial charge in [-0.05, 0) is 36.6 Å². The smallest absolute Gasteiger partial charge is 0.224 e. The molecular formula is C19H23NO3. The Kier molecular flexibility index (Phi) is 6.03. The van der Waals surface area contributed by atoms with Gasteiger partial charge >= 0.3 is 0 Å². The minimum Gasteiger partial charge on any atom is -0.493 e. The number of methoxy groups -OCH3 is 2. The summed E-state index contributed by atoms with van der Waals surface area (Å²) < 4.78 is 10.4. The number of amides is 1. The summed E-state index contributed by atoms with van der Waals surface area (Å²) in [4.78, 5) is 12.0. The summed E-state index contributed by atoms with van der Waals surface area (Å²) in [5.41, 5.74) is 3.36. The molecule has 0 fully saturated rings. The Bertz CT molecular complexity index is 650. The van der Waals surface area contributed by atoms with E-state index in [1.54, 1.807) is 14.2 Å². The molecule has 0 spiro atoms. The Morgan fingerprint density at radius 2 is 1.61 bits per heavy atom. The number of aryl methyl sites for hydroxylation is 1. The average Bonchev–Trinajstić information content (AvgIpc) is 2.56. The molecule has 0 aliphatic rings. The average molecular weight is 313 g/mol. The predicted octanol–water partition coefficient (Wildman–Crippen LogP) is 2.91. The fourth-order valence-corrected chi connectivity index (χ4v) is 2.34. The highest BCUT2D eigenvalue weighted by Crippen LogP contribution is 2.27. The van der Waals surface area contributed by atoms with Gasteiger partial charge in [-0.3, -0.25) is 4.79 Å². The van der Waals surface area contributed by atoms with E-state index in [4.69, 9.17) is 9.47 Å². The summed E-state index contributed by atoms with van der Waals surface area (Å²) in [5, 5.41) is 2.95. The predicted molar refractivity (Wildman–Crippen MR) is 91.1 cm³/mol. The molecule has 4 heteroatoms. The molecule has 2 rings (SSSR count). The summed E-state index contributed by atoms with van der Waals surface area (Å²) in [5.74, 6) is 1.30. The third kappa shape index (κ3) is 5.02. The SMILES string of the molecule is COc1ccc(CC(=O)NCCc2ccc(C)cc2)cc1OC. The van der Waals surface area contributed by atoms with Gasteiger partial charge in [0, 0.05) is 6.54 Å². The van der Waals surface area contributed by atoms with Crippen molar-refractivity contribution in [1.29, 1.82) is 0 Å².